The highest BCUT2D eigenvalue weighted by Gasteiger charge is 2.17. The van der Waals surface area contributed by atoms with E-state index in [9.17, 15) is 9.59 Å². The molecule has 1 aromatic heterocycles. The van der Waals surface area contributed by atoms with Gasteiger partial charge in [0.2, 0.25) is 5.91 Å². The summed E-state index contributed by atoms with van der Waals surface area (Å²) in [5.74, 6) is -0.565. The quantitative estimate of drug-likeness (QED) is 0.463. The fourth-order valence-electron chi connectivity index (χ4n) is 3.67. The molecule has 3 rings (SSSR count). The Kier molecular flexibility index (Phi) is 9.61. The number of ether oxygens (including phenoxy) is 2. The first-order valence-corrected chi connectivity index (χ1v) is 12.4. The molecule has 2 N–H and O–H groups in total. The number of carbonyl (C=O) groups is 2. The highest BCUT2D eigenvalue weighted by Crippen LogP contribution is 2.18. The molecule has 2 unspecified atom stereocenters. The number of aromatic nitrogens is 1. The molecule has 8 nitrogen and oxygen atoms in total. The SMILES string of the molecule is C=C(N=CC(CC)NC(=O)CNC(=O)c1ccn(C(C)(C)C)c1)c1cccc(COC2CCOC2)c1. The van der Waals surface area contributed by atoms with Crippen molar-refractivity contribution in [3.8, 4) is 0 Å². The molecular formula is C28H38N4O4. The van der Waals surface area contributed by atoms with Gasteiger partial charge in [-0.2, -0.15) is 0 Å². The van der Waals surface area contributed by atoms with Crippen molar-refractivity contribution in [1.82, 2.24) is 15.2 Å². The number of carbonyl (C=O) groups excluding carboxylic acids is 2. The predicted molar refractivity (Wildman–Crippen MR) is 142 cm³/mol. The van der Waals surface area contributed by atoms with Gasteiger partial charge in [-0.1, -0.05) is 31.7 Å². The van der Waals surface area contributed by atoms with Crippen LogP contribution >= 0.6 is 0 Å². The van der Waals surface area contributed by atoms with Crippen molar-refractivity contribution in [3.63, 3.8) is 0 Å². The van der Waals surface area contributed by atoms with E-state index in [-0.39, 0.29) is 36.0 Å². The highest BCUT2D eigenvalue weighted by atomic mass is 16.5. The van der Waals surface area contributed by atoms with Gasteiger partial charge in [-0.3, -0.25) is 14.6 Å². The van der Waals surface area contributed by atoms with E-state index in [0.717, 1.165) is 24.2 Å². The molecule has 8 heteroatoms. The lowest BCUT2D eigenvalue weighted by atomic mass is 10.1. The van der Waals surface area contributed by atoms with E-state index >= 15 is 0 Å². The molecule has 2 atom stereocenters. The van der Waals surface area contributed by atoms with Crippen molar-refractivity contribution in [3.05, 3.63) is 66.0 Å². The average Bonchev–Trinajstić information content (AvgIpc) is 3.56. The largest absolute Gasteiger partial charge is 0.379 e. The zero-order valence-corrected chi connectivity index (χ0v) is 21.8. The van der Waals surface area contributed by atoms with E-state index in [0.29, 0.717) is 30.9 Å². The van der Waals surface area contributed by atoms with Gasteiger partial charge >= 0.3 is 0 Å². The van der Waals surface area contributed by atoms with Crippen LogP contribution in [0.3, 0.4) is 0 Å². The van der Waals surface area contributed by atoms with Gasteiger partial charge in [-0.15, -0.1) is 0 Å². The molecule has 0 saturated carbocycles. The minimum absolute atomic E-state index is 0.112. The normalized spacial score (nSPS) is 16.7. The van der Waals surface area contributed by atoms with Crippen LogP contribution < -0.4 is 10.6 Å². The van der Waals surface area contributed by atoms with Crippen molar-refractivity contribution >= 4 is 23.7 Å². The predicted octanol–water partition coefficient (Wildman–Crippen LogP) is 3.91. The summed E-state index contributed by atoms with van der Waals surface area (Å²) >= 11 is 0. The molecule has 2 heterocycles. The molecule has 36 heavy (non-hydrogen) atoms. The van der Waals surface area contributed by atoms with Gasteiger partial charge in [0.05, 0.1) is 43.2 Å². The van der Waals surface area contributed by atoms with E-state index in [4.69, 9.17) is 9.47 Å². The van der Waals surface area contributed by atoms with Crippen molar-refractivity contribution < 1.29 is 19.1 Å². The van der Waals surface area contributed by atoms with E-state index in [1.807, 2.05) is 42.0 Å². The number of rotatable bonds is 11. The van der Waals surface area contributed by atoms with Gasteiger partial charge in [0.1, 0.15) is 0 Å². The molecule has 0 bridgehead atoms. The lowest BCUT2D eigenvalue weighted by molar-refractivity contribution is -0.120. The fourth-order valence-corrected chi connectivity index (χ4v) is 3.67. The van der Waals surface area contributed by atoms with Gasteiger partial charge in [-0.25, -0.2) is 0 Å². The molecule has 0 spiro atoms. The molecule has 1 aliphatic heterocycles. The fraction of sp³-hybridized carbons (Fsp3) is 0.464. The van der Waals surface area contributed by atoms with Crippen LogP contribution in [0.2, 0.25) is 0 Å². The Morgan fingerprint density at radius 1 is 1.31 bits per heavy atom. The van der Waals surface area contributed by atoms with Crippen LogP contribution in [0.1, 0.15) is 62.0 Å². The number of aliphatic imine (C=N–C) groups is 1. The lowest BCUT2D eigenvalue weighted by Crippen LogP contribution is -2.42. The molecule has 2 aromatic rings. The van der Waals surface area contributed by atoms with Gasteiger partial charge < -0.3 is 24.7 Å². The summed E-state index contributed by atoms with van der Waals surface area (Å²) in [5.41, 5.74) is 2.95. The zero-order valence-electron chi connectivity index (χ0n) is 21.8. The van der Waals surface area contributed by atoms with Crippen LogP contribution in [-0.2, 0) is 26.4 Å². The number of nitrogens with zero attached hydrogens (tertiary/aromatic N) is 2. The van der Waals surface area contributed by atoms with Crippen molar-refractivity contribution in [2.24, 2.45) is 4.99 Å². The smallest absolute Gasteiger partial charge is 0.253 e. The molecule has 194 valence electrons. The first-order valence-electron chi connectivity index (χ1n) is 12.4. The summed E-state index contributed by atoms with van der Waals surface area (Å²) in [7, 11) is 0. The van der Waals surface area contributed by atoms with Crippen LogP contribution in [0.5, 0.6) is 0 Å². The Hall–Kier alpha value is -3.23. The molecular weight excluding hydrogens is 456 g/mol. The Morgan fingerprint density at radius 3 is 2.78 bits per heavy atom. The van der Waals surface area contributed by atoms with Crippen molar-refractivity contribution in [2.45, 2.75) is 64.8 Å². The van der Waals surface area contributed by atoms with E-state index in [1.54, 1.807) is 18.5 Å². The van der Waals surface area contributed by atoms with E-state index in [2.05, 4.69) is 43.0 Å². The number of amides is 2. The van der Waals surface area contributed by atoms with Crippen LogP contribution in [0.25, 0.3) is 5.70 Å². The number of nitrogens with one attached hydrogen (secondary N) is 2. The molecule has 1 aliphatic rings. The Balaban J connectivity index is 1.47. The lowest BCUT2D eigenvalue weighted by Gasteiger charge is -2.20. The summed E-state index contributed by atoms with van der Waals surface area (Å²) in [6.45, 7) is 14.0. The van der Waals surface area contributed by atoms with Gasteiger partial charge in [0.15, 0.2) is 0 Å². The molecule has 1 fully saturated rings. The summed E-state index contributed by atoms with van der Waals surface area (Å²) in [4.78, 5) is 29.3. The maximum atomic E-state index is 12.4. The average molecular weight is 495 g/mol. The topological polar surface area (TPSA) is 94.0 Å². The minimum Gasteiger partial charge on any atom is -0.379 e. The van der Waals surface area contributed by atoms with Gasteiger partial charge in [0.25, 0.3) is 5.91 Å². The molecule has 1 aromatic carbocycles. The Labute approximate surface area is 213 Å². The second-order valence-corrected chi connectivity index (χ2v) is 9.97. The summed E-state index contributed by atoms with van der Waals surface area (Å²) in [6, 6.07) is 9.40. The molecule has 1 saturated heterocycles. The third-order valence-corrected chi connectivity index (χ3v) is 5.97. The summed E-state index contributed by atoms with van der Waals surface area (Å²) < 4.78 is 13.2. The first-order chi connectivity index (χ1) is 17.2. The second kappa shape index (κ2) is 12.6. The van der Waals surface area contributed by atoms with Crippen LogP contribution in [-0.4, -0.2) is 54.5 Å². The summed E-state index contributed by atoms with van der Waals surface area (Å²) in [5, 5.41) is 5.57. The van der Waals surface area contributed by atoms with E-state index in [1.165, 1.54) is 0 Å². The monoisotopic (exact) mass is 494 g/mol. The van der Waals surface area contributed by atoms with Crippen molar-refractivity contribution in [1.29, 1.82) is 0 Å². The second-order valence-electron chi connectivity index (χ2n) is 9.97. The minimum atomic E-state index is -0.285. The van der Waals surface area contributed by atoms with Crippen molar-refractivity contribution in [2.75, 3.05) is 19.8 Å². The third-order valence-electron chi connectivity index (χ3n) is 5.97. The van der Waals surface area contributed by atoms with Crippen LogP contribution in [0.15, 0.2) is 54.3 Å². The third kappa shape index (κ3) is 8.17. The number of benzene rings is 1. The van der Waals surface area contributed by atoms with E-state index < -0.39 is 0 Å². The maximum Gasteiger partial charge on any atom is 0.253 e. The zero-order chi connectivity index (χ0) is 26.1. The molecule has 0 radical (unpaired) electrons. The Bertz CT molecular complexity index is 1080. The number of hydrogen-bond acceptors (Lipinski definition) is 5. The molecule has 0 aliphatic carbocycles. The molecule has 2 amide bonds. The van der Waals surface area contributed by atoms with Crippen LogP contribution in [0.4, 0.5) is 0 Å². The maximum absolute atomic E-state index is 12.4. The summed E-state index contributed by atoms with van der Waals surface area (Å²) in [6.07, 6.45) is 7.06. The Morgan fingerprint density at radius 2 is 2.11 bits per heavy atom. The van der Waals surface area contributed by atoms with Crippen LogP contribution in [0, 0.1) is 0 Å². The standard InChI is InChI=1S/C28H38N4O4/c1-6-24(31-26(33)16-30-27(34)23-10-12-32(17-23)28(3,4)5)15-29-20(2)22-9-7-8-21(14-22)18-36-25-11-13-35-19-25/h7-10,12,14-15,17,24-25H,2,6,11,13,16,18-19H2,1,3-5H3,(H,30,34)(H,31,33). The van der Waals surface area contributed by atoms with Gasteiger partial charge in [0, 0.05) is 30.8 Å². The number of hydrogen-bond donors (Lipinski definition) is 2. The first kappa shape index (κ1) is 27.4. The highest BCUT2D eigenvalue weighted by molar-refractivity contribution is 5.96. The van der Waals surface area contributed by atoms with Gasteiger partial charge in [-0.05, 0) is 56.9 Å².